The topological polar surface area (TPSA) is 103 Å². The van der Waals surface area contributed by atoms with E-state index in [1.54, 1.807) is 12.3 Å². The maximum absolute atomic E-state index is 12.7. The highest BCUT2D eigenvalue weighted by molar-refractivity contribution is 7.98. The summed E-state index contributed by atoms with van der Waals surface area (Å²) in [6, 6.07) is 0. The van der Waals surface area contributed by atoms with Gasteiger partial charge in [-0.2, -0.15) is 0 Å². The average Bonchev–Trinajstić information content (AvgIpc) is 3.26. The van der Waals surface area contributed by atoms with Crippen LogP contribution in [0.1, 0.15) is 30.3 Å². The minimum atomic E-state index is -0.360. The van der Waals surface area contributed by atoms with Crippen LogP contribution in [0.5, 0.6) is 0 Å². The number of carbonyl (C=O) groups excluding carboxylic acids is 2. The van der Waals surface area contributed by atoms with Gasteiger partial charge in [0.15, 0.2) is 10.3 Å². The van der Waals surface area contributed by atoms with Crippen LogP contribution in [0.25, 0.3) is 0 Å². The molecule has 0 spiro atoms. The number of rotatable bonds is 7. The summed E-state index contributed by atoms with van der Waals surface area (Å²) in [5.41, 5.74) is 1.96. The Morgan fingerprint density at radius 2 is 2.19 bits per heavy atom. The highest BCUT2D eigenvalue weighted by Gasteiger charge is 2.22. The Morgan fingerprint density at radius 3 is 2.93 bits per heavy atom. The molecule has 10 heteroatoms. The van der Waals surface area contributed by atoms with Gasteiger partial charge in [-0.25, -0.2) is 9.97 Å². The molecule has 27 heavy (non-hydrogen) atoms. The fraction of sp³-hybridized carbons (Fsp3) is 0.471. The molecule has 0 saturated heterocycles. The normalized spacial score (nSPS) is 12.7. The van der Waals surface area contributed by atoms with E-state index < -0.39 is 0 Å². The van der Waals surface area contributed by atoms with Crippen LogP contribution in [0, 0.1) is 0 Å². The number of hydrogen-bond donors (Lipinski definition) is 1. The van der Waals surface area contributed by atoms with E-state index in [1.165, 1.54) is 27.7 Å². The van der Waals surface area contributed by atoms with Gasteiger partial charge in [-0.1, -0.05) is 11.8 Å². The van der Waals surface area contributed by atoms with E-state index >= 15 is 0 Å². The molecular formula is C17H20N4O4S2. The monoisotopic (exact) mass is 408 g/mol. The van der Waals surface area contributed by atoms with E-state index in [4.69, 9.17) is 4.74 Å². The van der Waals surface area contributed by atoms with Crippen LogP contribution in [-0.2, 0) is 40.1 Å². The fourth-order valence-corrected chi connectivity index (χ4v) is 4.21. The number of fused-ring (bicyclic) bond motifs is 1. The third-order valence-electron chi connectivity index (χ3n) is 4.07. The first-order chi connectivity index (χ1) is 13.0. The van der Waals surface area contributed by atoms with Gasteiger partial charge in [0.1, 0.15) is 6.54 Å². The lowest BCUT2D eigenvalue weighted by atomic mass is 10.2. The molecule has 0 aromatic carbocycles. The average molecular weight is 409 g/mol. The number of aromatic nitrogens is 3. The summed E-state index contributed by atoms with van der Waals surface area (Å²) in [5.74, 6) is -0.717. The summed E-state index contributed by atoms with van der Waals surface area (Å²) in [4.78, 5) is 45.3. The van der Waals surface area contributed by atoms with Crippen LogP contribution in [0.2, 0.25) is 0 Å². The molecule has 0 aliphatic heterocycles. The summed E-state index contributed by atoms with van der Waals surface area (Å²) < 4.78 is 6.30. The molecule has 0 atom stereocenters. The van der Waals surface area contributed by atoms with Crippen molar-refractivity contribution >= 4 is 40.1 Å². The van der Waals surface area contributed by atoms with E-state index in [1.807, 2.05) is 6.26 Å². The van der Waals surface area contributed by atoms with Gasteiger partial charge in [0, 0.05) is 10.9 Å². The Morgan fingerprint density at radius 1 is 1.37 bits per heavy atom. The van der Waals surface area contributed by atoms with Gasteiger partial charge in [-0.05, 0) is 32.4 Å². The Labute approximate surface area is 164 Å². The van der Waals surface area contributed by atoms with Crippen molar-refractivity contribution < 1.29 is 14.3 Å². The van der Waals surface area contributed by atoms with E-state index in [0.29, 0.717) is 34.6 Å². The molecule has 2 aromatic rings. The van der Waals surface area contributed by atoms with Gasteiger partial charge in [0.05, 0.1) is 24.4 Å². The van der Waals surface area contributed by atoms with Gasteiger partial charge in [-0.15, -0.1) is 11.3 Å². The molecule has 1 aliphatic carbocycles. The van der Waals surface area contributed by atoms with Crippen LogP contribution < -0.4 is 10.9 Å². The number of aryl methyl sites for hydroxylation is 1. The third-order valence-corrected chi connectivity index (χ3v) is 5.55. The van der Waals surface area contributed by atoms with Crippen LogP contribution in [0.3, 0.4) is 0 Å². The number of nitrogens with one attached hydrogen (secondary N) is 1. The van der Waals surface area contributed by atoms with Crippen molar-refractivity contribution in [2.45, 2.75) is 44.3 Å². The molecular weight excluding hydrogens is 388 g/mol. The number of carbonyl (C=O) groups is 2. The number of ether oxygens (including phenoxy) is 1. The largest absolute Gasteiger partial charge is 0.466 e. The molecule has 1 aliphatic rings. The molecule has 2 aromatic heterocycles. The quantitative estimate of drug-likeness (QED) is 0.422. The number of amides is 1. The van der Waals surface area contributed by atoms with E-state index in [2.05, 4.69) is 15.3 Å². The van der Waals surface area contributed by atoms with Gasteiger partial charge in [0.25, 0.3) is 5.56 Å². The first kappa shape index (κ1) is 19.6. The number of anilines is 1. The number of hydrogen-bond acceptors (Lipinski definition) is 8. The molecule has 0 fully saturated rings. The second-order valence-corrected chi connectivity index (χ2v) is 7.57. The van der Waals surface area contributed by atoms with Crippen LogP contribution in [0.15, 0.2) is 15.3 Å². The molecule has 3 rings (SSSR count). The van der Waals surface area contributed by atoms with E-state index in [0.717, 1.165) is 18.5 Å². The molecule has 1 N–H and O–H groups in total. The number of esters is 1. The second kappa shape index (κ2) is 8.66. The van der Waals surface area contributed by atoms with Crippen molar-refractivity contribution in [1.82, 2.24) is 14.5 Å². The molecule has 0 bridgehead atoms. The molecule has 8 nitrogen and oxygen atoms in total. The summed E-state index contributed by atoms with van der Waals surface area (Å²) >= 11 is 2.57. The fourth-order valence-electron chi connectivity index (χ4n) is 2.91. The number of thioether (sulfide) groups is 1. The maximum atomic E-state index is 12.7. The van der Waals surface area contributed by atoms with Gasteiger partial charge < -0.3 is 10.1 Å². The molecule has 2 heterocycles. The van der Waals surface area contributed by atoms with Gasteiger partial charge in [-0.3, -0.25) is 19.0 Å². The lowest BCUT2D eigenvalue weighted by molar-refractivity contribution is -0.142. The molecule has 0 saturated carbocycles. The van der Waals surface area contributed by atoms with Crippen molar-refractivity contribution in [2.24, 2.45) is 0 Å². The predicted molar refractivity (Wildman–Crippen MR) is 103 cm³/mol. The molecule has 0 unspecified atom stereocenters. The zero-order chi connectivity index (χ0) is 19.4. The smallest absolute Gasteiger partial charge is 0.311 e. The zero-order valence-electron chi connectivity index (χ0n) is 15.1. The Balaban J connectivity index is 1.69. The first-order valence-electron chi connectivity index (χ1n) is 8.58. The maximum Gasteiger partial charge on any atom is 0.311 e. The van der Waals surface area contributed by atoms with Crippen molar-refractivity contribution in [2.75, 3.05) is 18.2 Å². The standard InChI is InChI=1S/C17H20N4O4S2/c1-3-25-14(23)7-10-9-27-16(18-10)20-13(22)8-21-15(24)11-5-4-6-12(11)19-17(21)26-2/h9H,3-8H2,1-2H3,(H,18,20,22). The highest BCUT2D eigenvalue weighted by atomic mass is 32.2. The van der Waals surface area contributed by atoms with Crippen LogP contribution in [-0.4, -0.2) is 39.3 Å². The van der Waals surface area contributed by atoms with Crippen molar-refractivity contribution in [1.29, 1.82) is 0 Å². The van der Waals surface area contributed by atoms with Gasteiger partial charge >= 0.3 is 5.97 Å². The Bertz CT molecular complexity index is 922. The predicted octanol–water partition coefficient (Wildman–Crippen LogP) is 1.65. The van der Waals surface area contributed by atoms with Gasteiger partial charge in [0.2, 0.25) is 5.91 Å². The lowest BCUT2D eigenvalue weighted by Crippen LogP contribution is -2.32. The second-order valence-electron chi connectivity index (χ2n) is 5.94. The Hall–Kier alpha value is -2.20. The molecule has 144 valence electrons. The zero-order valence-corrected chi connectivity index (χ0v) is 16.7. The van der Waals surface area contributed by atoms with Crippen LogP contribution in [0.4, 0.5) is 5.13 Å². The summed E-state index contributed by atoms with van der Waals surface area (Å²) in [6.45, 7) is 1.93. The SMILES string of the molecule is CCOC(=O)Cc1csc(NC(=O)Cn2c(SC)nc3c(c2=O)CCC3)n1. The summed E-state index contributed by atoms with van der Waals surface area (Å²) in [6.07, 6.45) is 4.34. The minimum absolute atomic E-state index is 0.0605. The van der Waals surface area contributed by atoms with Crippen LogP contribution >= 0.6 is 23.1 Å². The van der Waals surface area contributed by atoms with E-state index in [9.17, 15) is 14.4 Å². The summed E-state index contributed by atoms with van der Waals surface area (Å²) in [5, 5.41) is 5.30. The first-order valence-corrected chi connectivity index (χ1v) is 10.7. The van der Waals surface area contributed by atoms with Crippen molar-refractivity contribution in [3.63, 3.8) is 0 Å². The van der Waals surface area contributed by atoms with Crippen molar-refractivity contribution in [3.8, 4) is 0 Å². The highest BCUT2D eigenvalue weighted by Crippen LogP contribution is 2.21. The molecule has 0 radical (unpaired) electrons. The number of nitrogens with zero attached hydrogens (tertiary/aromatic N) is 3. The third kappa shape index (κ3) is 4.56. The Kier molecular flexibility index (Phi) is 6.27. The van der Waals surface area contributed by atoms with Crippen molar-refractivity contribution in [3.05, 3.63) is 32.7 Å². The lowest BCUT2D eigenvalue weighted by Gasteiger charge is -2.12. The number of thiazole rings is 1. The summed E-state index contributed by atoms with van der Waals surface area (Å²) in [7, 11) is 0. The minimum Gasteiger partial charge on any atom is -0.466 e. The van der Waals surface area contributed by atoms with E-state index in [-0.39, 0.29) is 30.4 Å². The molecule has 1 amide bonds.